The molecule has 0 aliphatic heterocycles. The fourth-order valence-corrected chi connectivity index (χ4v) is 2.94. The minimum Gasteiger partial charge on any atom is -0.497 e. The van der Waals surface area contributed by atoms with Crippen LogP contribution in [0, 0.1) is 10.1 Å². The summed E-state index contributed by atoms with van der Waals surface area (Å²) in [5.74, 6) is 0.253. The number of carbonyl (C=O) groups is 1. The first-order valence-electron chi connectivity index (χ1n) is 9.39. The Labute approximate surface area is 174 Å². The Bertz CT molecular complexity index is 990. The van der Waals surface area contributed by atoms with Crippen LogP contribution in [0.3, 0.4) is 0 Å². The van der Waals surface area contributed by atoms with Gasteiger partial charge in [0.25, 0.3) is 5.69 Å². The van der Waals surface area contributed by atoms with Gasteiger partial charge in [-0.05, 0) is 35.4 Å². The zero-order valence-corrected chi connectivity index (χ0v) is 16.5. The number of nitro groups is 1. The molecule has 0 bridgehead atoms. The summed E-state index contributed by atoms with van der Waals surface area (Å²) < 4.78 is 10.7. The lowest BCUT2D eigenvalue weighted by Crippen LogP contribution is -2.33. The third kappa shape index (κ3) is 5.81. The molecule has 0 aromatic heterocycles. The number of anilines is 1. The van der Waals surface area contributed by atoms with E-state index in [1.54, 1.807) is 43.5 Å². The summed E-state index contributed by atoms with van der Waals surface area (Å²) in [5.41, 5.74) is 2.23. The first kappa shape index (κ1) is 20.9. The highest BCUT2D eigenvalue weighted by Crippen LogP contribution is 2.20. The largest absolute Gasteiger partial charge is 0.497 e. The zero-order chi connectivity index (χ0) is 21.3. The first-order chi connectivity index (χ1) is 14.5. The van der Waals surface area contributed by atoms with Crippen molar-refractivity contribution in [3.63, 3.8) is 0 Å². The molecule has 3 rings (SSSR count). The highest BCUT2D eigenvalue weighted by molar-refractivity contribution is 5.80. The maximum absolute atomic E-state index is 12.8. The van der Waals surface area contributed by atoms with E-state index in [9.17, 15) is 14.9 Å². The van der Waals surface area contributed by atoms with Crippen LogP contribution in [-0.4, -0.2) is 24.0 Å². The second kappa shape index (κ2) is 10.1. The lowest BCUT2D eigenvalue weighted by atomic mass is 10.0. The Hall–Kier alpha value is -3.87. The Morgan fingerprint density at radius 1 is 1.00 bits per heavy atom. The van der Waals surface area contributed by atoms with Crippen molar-refractivity contribution < 1.29 is 19.2 Å². The van der Waals surface area contributed by atoms with Gasteiger partial charge in [-0.2, -0.15) is 0 Å². The molecule has 7 heteroatoms. The summed E-state index contributed by atoms with van der Waals surface area (Å²) in [4.78, 5) is 23.4. The molecular formula is C23H22N2O5. The number of esters is 1. The van der Waals surface area contributed by atoms with Crippen LogP contribution >= 0.6 is 0 Å². The van der Waals surface area contributed by atoms with Crippen LogP contribution in [0.2, 0.25) is 0 Å². The van der Waals surface area contributed by atoms with Gasteiger partial charge in [-0.25, -0.2) is 4.79 Å². The van der Waals surface area contributed by atoms with Crippen LogP contribution in [0.1, 0.15) is 11.1 Å². The molecule has 0 aliphatic carbocycles. The lowest BCUT2D eigenvalue weighted by molar-refractivity contribution is -0.384. The van der Waals surface area contributed by atoms with E-state index < -0.39 is 16.9 Å². The van der Waals surface area contributed by atoms with Gasteiger partial charge < -0.3 is 14.8 Å². The molecule has 1 atom stereocenters. The topological polar surface area (TPSA) is 90.7 Å². The Morgan fingerprint density at radius 3 is 2.37 bits per heavy atom. The molecule has 30 heavy (non-hydrogen) atoms. The molecule has 0 radical (unpaired) electrons. The van der Waals surface area contributed by atoms with Crippen molar-refractivity contribution in [3.05, 3.63) is 100 Å². The molecule has 1 unspecified atom stereocenters. The van der Waals surface area contributed by atoms with Crippen LogP contribution in [0.15, 0.2) is 78.9 Å². The fraction of sp³-hybridized carbons (Fsp3) is 0.174. The normalized spacial score (nSPS) is 11.4. The van der Waals surface area contributed by atoms with E-state index in [-0.39, 0.29) is 18.7 Å². The second-order valence-corrected chi connectivity index (χ2v) is 6.65. The quantitative estimate of drug-likeness (QED) is 0.322. The molecule has 154 valence electrons. The number of non-ortho nitro benzene ring substituents is 1. The SMILES string of the molecule is COc1ccc(NC(Cc2cccc([N+](=O)[O-])c2)C(=O)OCc2ccccc2)cc1. The summed E-state index contributed by atoms with van der Waals surface area (Å²) in [6, 6.07) is 22.1. The predicted molar refractivity (Wildman–Crippen MR) is 113 cm³/mol. The standard InChI is InChI=1S/C23H22N2O5/c1-29-21-12-10-19(11-13-21)24-22(15-18-8-5-9-20(14-18)25(27)28)23(26)30-16-17-6-3-2-4-7-17/h2-14,22,24H,15-16H2,1H3. The van der Waals surface area contributed by atoms with E-state index >= 15 is 0 Å². The Kier molecular flexibility index (Phi) is 7.00. The number of rotatable bonds is 9. The summed E-state index contributed by atoms with van der Waals surface area (Å²) in [6.07, 6.45) is 0.237. The Morgan fingerprint density at radius 2 is 1.70 bits per heavy atom. The molecule has 3 aromatic carbocycles. The third-order valence-corrected chi connectivity index (χ3v) is 4.50. The zero-order valence-electron chi connectivity index (χ0n) is 16.5. The van der Waals surface area contributed by atoms with Crippen molar-refractivity contribution in [2.75, 3.05) is 12.4 Å². The van der Waals surface area contributed by atoms with Crippen LogP contribution < -0.4 is 10.1 Å². The minimum absolute atomic E-state index is 0.0200. The summed E-state index contributed by atoms with van der Waals surface area (Å²) >= 11 is 0. The lowest BCUT2D eigenvalue weighted by Gasteiger charge is -2.19. The number of benzene rings is 3. The number of nitrogens with zero attached hydrogens (tertiary/aromatic N) is 1. The maximum Gasteiger partial charge on any atom is 0.329 e. The summed E-state index contributed by atoms with van der Waals surface area (Å²) in [5, 5.41) is 14.2. The molecule has 3 aromatic rings. The van der Waals surface area contributed by atoms with E-state index in [2.05, 4.69) is 5.32 Å². The average Bonchev–Trinajstić information content (AvgIpc) is 2.78. The fourth-order valence-electron chi connectivity index (χ4n) is 2.94. The summed E-state index contributed by atoms with van der Waals surface area (Å²) in [6.45, 7) is 0.148. The number of hydrogen-bond donors (Lipinski definition) is 1. The molecule has 1 N–H and O–H groups in total. The number of ether oxygens (including phenoxy) is 2. The first-order valence-corrected chi connectivity index (χ1v) is 9.39. The number of nitro benzene ring substituents is 1. The predicted octanol–water partition coefficient (Wildman–Crippen LogP) is 4.37. The molecule has 0 saturated carbocycles. The molecule has 0 spiro atoms. The van der Waals surface area contributed by atoms with Crippen molar-refractivity contribution >= 4 is 17.3 Å². The van der Waals surface area contributed by atoms with E-state index in [1.165, 1.54) is 12.1 Å². The van der Waals surface area contributed by atoms with Crippen LogP contribution in [0.25, 0.3) is 0 Å². The van der Waals surface area contributed by atoms with Gasteiger partial charge >= 0.3 is 5.97 Å². The van der Waals surface area contributed by atoms with Gasteiger partial charge in [-0.3, -0.25) is 10.1 Å². The van der Waals surface area contributed by atoms with Gasteiger partial charge in [-0.1, -0.05) is 42.5 Å². The van der Waals surface area contributed by atoms with Crippen molar-refractivity contribution in [3.8, 4) is 5.75 Å². The highest BCUT2D eigenvalue weighted by Gasteiger charge is 2.22. The van der Waals surface area contributed by atoms with E-state index in [0.717, 1.165) is 5.56 Å². The van der Waals surface area contributed by atoms with Crippen LogP contribution in [-0.2, 0) is 22.6 Å². The van der Waals surface area contributed by atoms with Gasteiger partial charge in [0.05, 0.1) is 12.0 Å². The smallest absolute Gasteiger partial charge is 0.329 e. The molecule has 0 aliphatic rings. The molecule has 0 saturated heterocycles. The highest BCUT2D eigenvalue weighted by atomic mass is 16.6. The van der Waals surface area contributed by atoms with E-state index in [4.69, 9.17) is 9.47 Å². The Balaban J connectivity index is 1.76. The van der Waals surface area contributed by atoms with Crippen LogP contribution in [0.5, 0.6) is 5.75 Å². The van der Waals surface area contributed by atoms with Crippen molar-refractivity contribution in [2.45, 2.75) is 19.1 Å². The van der Waals surface area contributed by atoms with Gasteiger partial charge in [0.15, 0.2) is 0 Å². The van der Waals surface area contributed by atoms with Crippen molar-refractivity contribution in [1.29, 1.82) is 0 Å². The summed E-state index contributed by atoms with van der Waals surface area (Å²) in [7, 11) is 1.58. The van der Waals surface area contributed by atoms with Gasteiger partial charge in [0.2, 0.25) is 0 Å². The number of methoxy groups -OCH3 is 1. The maximum atomic E-state index is 12.8. The monoisotopic (exact) mass is 406 g/mol. The van der Waals surface area contributed by atoms with Crippen molar-refractivity contribution in [1.82, 2.24) is 0 Å². The number of hydrogen-bond acceptors (Lipinski definition) is 6. The third-order valence-electron chi connectivity index (χ3n) is 4.50. The van der Waals surface area contributed by atoms with Gasteiger partial charge in [0, 0.05) is 24.2 Å². The van der Waals surface area contributed by atoms with E-state index in [0.29, 0.717) is 17.0 Å². The van der Waals surface area contributed by atoms with Crippen molar-refractivity contribution in [2.24, 2.45) is 0 Å². The average molecular weight is 406 g/mol. The molecule has 7 nitrogen and oxygen atoms in total. The van der Waals surface area contributed by atoms with E-state index in [1.807, 2.05) is 30.3 Å². The molecule has 0 heterocycles. The minimum atomic E-state index is -0.718. The molecule has 0 fully saturated rings. The van der Waals surface area contributed by atoms with Gasteiger partial charge in [-0.15, -0.1) is 0 Å². The number of carbonyl (C=O) groups excluding carboxylic acids is 1. The molecule has 0 amide bonds. The second-order valence-electron chi connectivity index (χ2n) is 6.65. The number of nitrogens with one attached hydrogen (secondary N) is 1. The van der Waals surface area contributed by atoms with Gasteiger partial charge in [0.1, 0.15) is 18.4 Å². The molecular weight excluding hydrogens is 384 g/mol. The van der Waals surface area contributed by atoms with Crippen LogP contribution in [0.4, 0.5) is 11.4 Å².